The van der Waals surface area contributed by atoms with Crippen molar-refractivity contribution in [2.75, 3.05) is 13.2 Å². The number of hydrogen-bond acceptors (Lipinski definition) is 2. The Morgan fingerprint density at radius 1 is 0.952 bits per heavy atom. The lowest BCUT2D eigenvalue weighted by Gasteiger charge is -2.15. The normalized spacial score (nSPS) is 12.7. The van der Waals surface area contributed by atoms with Crippen molar-refractivity contribution in [1.82, 2.24) is 0 Å². The number of ether oxygens (including phenoxy) is 1. The van der Waals surface area contributed by atoms with Gasteiger partial charge in [0.25, 0.3) is 0 Å². The van der Waals surface area contributed by atoms with E-state index in [9.17, 15) is 0 Å². The highest BCUT2D eigenvalue weighted by atomic mass is 16.5. The van der Waals surface area contributed by atoms with Crippen LogP contribution in [0.1, 0.15) is 50.6 Å². The van der Waals surface area contributed by atoms with Gasteiger partial charge in [0.15, 0.2) is 0 Å². The topological polar surface area (TPSA) is 35.2 Å². The van der Waals surface area contributed by atoms with Crippen molar-refractivity contribution in [3.63, 3.8) is 0 Å². The van der Waals surface area contributed by atoms with E-state index < -0.39 is 0 Å². The maximum Gasteiger partial charge on any atom is 0.0659 e. The van der Waals surface area contributed by atoms with Crippen molar-refractivity contribution in [2.45, 2.75) is 45.1 Å². The van der Waals surface area contributed by atoms with Crippen LogP contribution < -0.4 is 5.73 Å². The number of nitrogens with two attached hydrogens (primary N) is 1. The van der Waals surface area contributed by atoms with Gasteiger partial charge in [0, 0.05) is 6.61 Å². The van der Waals surface area contributed by atoms with Crippen LogP contribution in [0.2, 0.25) is 0 Å². The Morgan fingerprint density at radius 2 is 1.71 bits per heavy atom. The zero-order valence-electron chi connectivity index (χ0n) is 13.1. The molecule has 1 unspecified atom stereocenters. The van der Waals surface area contributed by atoms with E-state index in [1.165, 1.54) is 42.0 Å². The van der Waals surface area contributed by atoms with Crippen LogP contribution in [-0.4, -0.2) is 13.2 Å². The highest BCUT2D eigenvalue weighted by Gasteiger charge is 2.09. The highest BCUT2D eigenvalue weighted by molar-refractivity contribution is 5.86. The van der Waals surface area contributed by atoms with Gasteiger partial charge >= 0.3 is 0 Å². The molecule has 2 heteroatoms. The lowest BCUT2D eigenvalue weighted by molar-refractivity contribution is 0.117. The van der Waals surface area contributed by atoms with Crippen molar-refractivity contribution >= 4 is 10.8 Å². The molecule has 0 heterocycles. The minimum absolute atomic E-state index is 0.0493. The molecule has 0 aliphatic rings. The molecule has 0 fully saturated rings. The molecule has 0 radical (unpaired) electrons. The van der Waals surface area contributed by atoms with Gasteiger partial charge in [-0.1, -0.05) is 75.1 Å². The van der Waals surface area contributed by atoms with Gasteiger partial charge < -0.3 is 10.5 Å². The average molecular weight is 285 g/mol. The maximum absolute atomic E-state index is 6.30. The van der Waals surface area contributed by atoms with E-state index in [0.29, 0.717) is 6.61 Å². The second-order valence-electron chi connectivity index (χ2n) is 5.66. The van der Waals surface area contributed by atoms with E-state index in [-0.39, 0.29) is 6.04 Å². The molecule has 0 spiro atoms. The summed E-state index contributed by atoms with van der Waals surface area (Å²) in [5, 5.41) is 2.48. The Hall–Kier alpha value is -1.38. The van der Waals surface area contributed by atoms with E-state index in [2.05, 4.69) is 49.4 Å². The first-order valence-electron chi connectivity index (χ1n) is 8.14. The van der Waals surface area contributed by atoms with Gasteiger partial charge in [0.2, 0.25) is 0 Å². The van der Waals surface area contributed by atoms with Crippen molar-refractivity contribution < 1.29 is 4.74 Å². The summed E-state index contributed by atoms with van der Waals surface area (Å²) in [5.74, 6) is 0. The summed E-state index contributed by atoms with van der Waals surface area (Å²) in [5.41, 5.74) is 7.48. The number of unbranched alkanes of at least 4 members (excludes halogenated alkanes) is 4. The molecule has 2 N–H and O–H groups in total. The molecule has 0 aliphatic carbocycles. The number of fused-ring (bicyclic) bond motifs is 1. The van der Waals surface area contributed by atoms with Crippen LogP contribution in [0.3, 0.4) is 0 Å². The van der Waals surface area contributed by atoms with E-state index in [1.807, 2.05) is 0 Å². The summed E-state index contributed by atoms with van der Waals surface area (Å²) in [4.78, 5) is 0. The third-order valence-electron chi connectivity index (χ3n) is 3.91. The van der Waals surface area contributed by atoms with Crippen LogP contribution in [0.4, 0.5) is 0 Å². The molecule has 2 rings (SSSR count). The first kappa shape index (κ1) is 16.0. The van der Waals surface area contributed by atoms with Crippen LogP contribution in [-0.2, 0) is 4.74 Å². The first-order chi connectivity index (χ1) is 10.3. The Kier molecular flexibility index (Phi) is 6.71. The molecule has 0 aliphatic heterocycles. The van der Waals surface area contributed by atoms with Crippen LogP contribution in [0.25, 0.3) is 10.8 Å². The second kappa shape index (κ2) is 8.81. The van der Waals surface area contributed by atoms with Gasteiger partial charge in [-0.05, 0) is 22.8 Å². The summed E-state index contributed by atoms with van der Waals surface area (Å²) in [7, 11) is 0. The molecule has 0 aromatic heterocycles. The molecule has 2 aromatic carbocycles. The molecule has 0 saturated heterocycles. The molecule has 1 atom stereocenters. The molecule has 0 bridgehead atoms. The van der Waals surface area contributed by atoms with Gasteiger partial charge in [-0.2, -0.15) is 0 Å². The van der Waals surface area contributed by atoms with Crippen molar-refractivity contribution in [1.29, 1.82) is 0 Å². The van der Waals surface area contributed by atoms with Crippen molar-refractivity contribution in [3.05, 3.63) is 48.0 Å². The number of hydrogen-bond donors (Lipinski definition) is 1. The fraction of sp³-hybridized carbons (Fsp3) is 0.474. The standard InChI is InChI=1S/C19H27NO/c1-2-3-4-5-8-14-21-15-19(20)18-13-9-11-16-10-6-7-12-17(16)18/h6-7,9-13,19H,2-5,8,14-15,20H2,1H3. The van der Waals surface area contributed by atoms with Crippen LogP contribution in [0.5, 0.6) is 0 Å². The Balaban J connectivity index is 1.81. The predicted octanol–water partition coefficient (Wildman–Crippen LogP) is 4.83. The fourth-order valence-corrected chi connectivity index (χ4v) is 2.68. The molecule has 2 nitrogen and oxygen atoms in total. The predicted molar refractivity (Wildman–Crippen MR) is 90.5 cm³/mol. The fourth-order valence-electron chi connectivity index (χ4n) is 2.68. The first-order valence-corrected chi connectivity index (χ1v) is 8.14. The molecular weight excluding hydrogens is 258 g/mol. The van der Waals surface area contributed by atoms with Gasteiger partial charge in [0.1, 0.15) is 0 Å². The SMILES string of the molecule is CCCCCCCOCC(N)c1cccc2ccccc12. The van der Waals surface area contributed by atoms with Gasteiger partial charge in [-0.25, -0.2) is 0 Å². The molecular formula is C19H27NO. The minimum atomic E-state index is -0.0493. The maximum atomic E-state index is 6.30. The van der Waals surface area contributed by atoms with Crippen LogP contribution in [0, 0.1) is 0 Å². The molecule has 114 valence electrons. The Bertz CT molecular complexity index is 533. The molecule has 0 saturated carbocycles. The summed E-state index contributed by atoms with van der Waals surface area (Å²) < 4.78 is 5.75. The summed E-state index contributed by atoms with van der Waals surface area (Å²) >= 11 is 0. The van der Waals surface area contributed by atoms with Gasteiger partial charge in [-0.3, -0.25) is 0 Å². The van der Waals surface area contributed by atoms with Crippen LogP contribution >= 0.6 is 0 Å². The summed E-state index contributed by atoms with van der Waals surface area (Å²) in [6.45, 7) is 3.66. The quantitative estimate of drug-likeness (QED) is 0.670. The van der Waals surface area contributed by atoms with E-state index in [0.717, 1.165) is 13.0 Å². The Morgan fingerprint density at radius 3 is 2.57 bits per heavy atom. The average Bonchev–Trinajstić information content (AvgIpc) is 2.53. The highest BCUT2D eigenvalue weighted by Crippen LogP contribution is 2.23. The van der Waals surface area contributed by atoms with E-state index in [1.54, 1.807) is 0 Å². The largest absolute Gasteiger partial charge is 0.379 e. The zero-order chi connectivity index (χ0) is 14.9. The summed E-state index contributed by atoms with van der Waals surface area (Å²) in [6, 6.07) is 14.6. The molecule has 21 heavy (non-hydrogen) atoms. The minimum Gasteiger partial charge on any atom is -0.379 e. The molecule has 0 amide bonds. The lowest BCUT2D eigenvalue weighted by Crippen LogP contribution is -2.17. The van der Waals surface area contributed by atoms with E-state index in [4.69, 9.17) is 10.5 Å². The monoisotopic (exact) mass is 285 g/mol. The third-order valence-corrected chi connectivity index (χ3v) is 3.91. The smallest absolute Gasteiger partial charge is 0.0659 e. The second-order valence-corrected chi connectivity index (χ2v) is 5.66. The summed E-state index contributed by atoms with van der Waals surface area (Å²) in [6.07, 6.45) is 6.33. The van der Waals surface area contributed by atoms with Gasteiger partial charge in [0.05, 0.1) is 12.6 Å². The van der Waals surface area contributed by atoms with E-state index >= 15 is 0 Å². The third kappa shape index (κ3) is 4.83. The molecule has 2 aromatic rings. The number of benzene rings is 2. The van der Waals surface area contributed by atoms with Crippen LogP contribution in [0.15, 0.2) is 42.5 Å². The van der Waals surface area contributed by atoms with Crippen molar-refractivity contribution in [2.24, 2.45) is 5.73 Å². The number of rotatable bonds is 9. The Labute approximate surface area is 128 Å². The lowest BCUT2D eigenvalue weighted by atomic mass is 10.00. The zero-order valence-corrected chi connectivity index (χ0v) is 13.1. The van der Waals surface area contributed by atoms with Gasteiger partial charge in [-0.15, -0.1) is 0 Å². The van der Waals surface area contributed by atoms with Crippen molar-refractivity contribution in [3.8, 4) is 0 Å².